The summed E-state index contributed by atoms with van der Waals surface area (Å²) in [6.45, 7) is 2.52. The molecule has 1 amide bonds. The van der Waals surface area contributed by atoms with Gasteiger partial charge in [-0.15, -0.1) is 0 Å². The molecular formula is C21H18ClN3O2. The molecule has 0 unspecified atom stereocenters. The van der Waals surface area contributed by atoms with Crippen molar-refractivity contribution in [3.63, 3.8) is 0 Å². The van der Waals surface area contributed by atoms with Gasteiger partial charge < -0.3 is 14.3 Å². The molecule has 2 aromatic heterocycles. The van der Waals surface area contributed by atoms with E-state index < -0.39 is 0 Å². The number of hydrogen-bond donors (Lipinski definition) is 1. The minimum atomic E-state index is -0.297. The molecule has 0 radical (unpaired) electrons. The number of fused-ring (bicyclic) bond motifs is 1. The van der Waals surface area contributed by atoms with Crippen LogP contribution in [-0.2, 0) is 6.54 Å². The first kappa shape index (κ1) is 17.4. The zero-order valence-electron chi connectivity index (χ0n) is 14.7. The summed E-state index contributed by atoms with van der Waals surface area (Å²) >= 11 is 6.14. The second-order valence-electron chi connectivity index (χ2n) is 6.35. The largest absolute Gasteiger partial charge is 0.459 e. The Balaban J connectivity index is 1.70. The maximum Gasteiger partial charge on any atom is 0.287 e. The van der Waals surface area contributed by atoms with Crippen molar-refractivity contribution in [2.45, 2.75) is 19.5 Å². The first-order valence-electron chi connectivity index (χ1n) is 8.66. The smallest absolute Gasteiger partial charge is 0.287 e. The van der Waals surface area contributed by atoms with E-state index in [4.69, 9.17) is 21.0 Å². The van der Waals surface area contributed by atoms with E-state index in [9.17, 15) is 4.79 Å². The third-order valence-corrected chi connectivity index (χ3v) is 4.63. The van der Waals surface area contributed by atoms with Gasteiger partial charge in [0.15, 0.2) is 5.76 Å². The van der Waals surface area contributed by atoms with Gasteiger partial charge in [-0.05, 0) is 48.9 Å². The Bertz CT molecular complexity index is 1090. The topological polar surface area (TPSA) is 60.1 Å². The highest BCUT2D eigenvalue weighted by Gasteiger charge is 2.20. The Morgan fingerprint density at radius 2 is 2.04 bits per heavy atom. The Kier molecular flexibility index (Phi) is 4.69. The summed E-state index contributed by atoms with van der Waals surface area (Å²) < 4.78 is 7.28. The Morgan fingerprint density at radius 1 is 1.19 bits per heavy atom. The van der Waals surface area contributed by atoms with Crippen LogP contribution in [0.5, 0.6) is 0 Å². The summed E-state index contributed by atoms with van der Waals surface area (Å²) in [6.07, 6.45) is 1.48. The number of para-hydroxylation sites is 2. The molecule has 27 heavy (non-hydrogen) atoms. The summed E-state index contributed by atoms with van der Waals surface area (Å²) in [4.78, 5) is 17.1. The monoisotopic (exact) mass is 379 g/mol. The predicted molar refractivity (Wildman–Crippen MR) is 105 cm³/mol. The number of hydrogen-bond acceptors (Lipinski definition) is 3. The fourth-order valence-electron chi connectivity index (χ4n) is 3.15. The molecular weight excluding hydrogens is 362 g/mol. The zero-order chi connectivity index (χ0) is 18.8. The fourth-order valence-corrected chi connectivity index (χ4v) is 3.36. The number of halogens is 1. The number of carbonyl (C=O) groups excluding carboxylic acids is 1. The first-order chi connectivity index (χ1) is 13.1. The van der Waals surface area contributed by atoms with Crippen molar-refractivity contribution < 1.29 is 9.21 Å². The van der Waals surface area contributed by atoms with Crippen LogP contribution < -0.4 is 5.32 Å². The van der Waals surface area contributed by atoms with Gasteiger partial charge in [0, 0.05) is 11.6 Å². The second-order valence-corrected chi connectivity index (χ2v) is 6.78. The zero-order valence-corrected chi connectivity index (χ0v) is 15.5. The van der Waals surface area contributed by atoms with E-state index >= 15 is 0 Å². The number of benzene rings is 2. The highest BCUT2D eigenvalue weighted by atomic mass is 35.5. The van der Waals surface area contributed by atoms with Crippen LogP contribution in [0.2, 0.25) is 5.02 Å². The van der Waals surface area contributed by atoms with Crippen LogP contribution in [0.3, 0.4) is 0 Å². The molecule has 6 heteroatoms. The van der Waals surface area contributed by atoms with Crippen molar-refractivity contribution in [3.8, 4) is 0 Å². The molecule has 2 aromatic carbocycles. The Labute approximate surface area is 161 Å². The van der Waals surface area contributed by atoms with Crippen molar-refractivity contribution in [2.24, 2.45) is 0 Å². The highest BCUT2D eigenvalue weighted by Crippen LogP contribution is 2.23. The molecule has 2 heterocycles. The summed E-state index contributed by atoms with van der Waals surface area (Å²) in [5.41, 5.74) is 2.96. The maximum absolute atomic E-state index is 12.4. The van der Waals surface area contributed by atoms with Crippen LogP contribution in [0.25, 0.3) is 11.0 Å². The molecule has 0 saturated carbocycles. The maximum atomic E-state index is 12.4. The summed E-state index contributed by atoms with van der Waals surface area (Å²) in [6, 6.07) is 18.7. The van der Waals surface area contributed by atoms with Gasteiger partial charge in [0.25, 0.3) is 5.91 Å². The normalized spacial score (nSPS) is 12.2. The lowest BCUT2D eigenvalue weighted by atomic mass is 10.2. The molecule has 4 aromatic rings. The predicted octanol–water partition coefficient (Wildman–Crippen LogP) is 4.82. The summed E-state index contributed by atoms with van der Waals surface area (Å²) in [5.74, 6) is 0.782. The molecule has 136 valence electrons. The lowest BCUT2D eigenvalue weighted by molar-refractivity contribution is 0.0909. The van der Waals surface area contributed by atoms with Crippen molar-refractivity contribution in [1.29, 1.82) is 0 Å². The van der Waals surface area contributed by atoms with Crippen LogP contribution in [0.4, 0.5) is 0 Å². The number of rotatable bonds is 5. The standard InChI is InChI=1S/C21H18ClN3O2/c1-14(23-21(26)19-10-5-11-27-19)20-24-17-8-2-3-9-18(17)25(20)13-15-6-4-7-16(22)12-15/h2-12,14H,13H2,1H3,(H,23,26)/t14-/m0/s1. The van der Waals surface area contributed by atoms with Gasteiger partial charge in [-0.3, -0.25) is 4.79 Å². The third kappa shape index (κ3) is 3.59. The molecule has 0 bridgehead atoms. The minimum Gasteiger partial charge on any atom is -0.459 e. The van der Waals surface area contributed by atoms with E-state index in [1.165, 1.54) is 6.26 Å². The third-order valence-electron chi connectivity index (χ3n) is 4.39. The van der Waals surface area contributed by atoms with E-state index in [-0.39, 0.29) is 17.7 Å². The molecule has 0 saturated heterocycles. The van der Waals surface area contributed by atoms with Gasteiger partial charge in [0.2, 0.25) is 0 Å². The van der Waals surface area contributed by atoms with Crippen molar-refractivity contribution >= 4 is 28.5 Å². The average Bonchev–Trinajstić information content (AvgIpc) is 3.30. The lowest BCUT2D eigenvalue weighted by Crippen LogP contribution is -2.28. The van der Waals surface area contributed by atoms with Gasteiger partial charge in [0.05, 0.1) is 23.3 Å². The molecule has 1 N–H and O–H groups in total. The first-order valence-corrected chi connectivity index (χ1v) is 9.03. The Morgan fingerprint density at radius 3 is 2.81 bits per heavy atom. The van der Waals surface area contributed by atoms with Crippen LogP contribution in [0.1, 0.15) is 34.9 Å². The van der Waals surface area contributed by atoms with Crippen molar-refractivity contribution in [1.82, 2.24) is 14.9 Å². The quantitative estimate of drug-likeness (QED) is 0.540. The molecule has 0 spiro atoms. The molecule has 0 fully saturated rings. The van der Waals surface area contributed by atoms with Gasteiger partial charge in [-0.2, -0.15) is 0 Å². The number of imidazole rings is 1. The number of carbonyl (C=O) groups is 1. The van der Waals surface area contributed by atoms with E-state index in [0.29, 0.717) is 11.6 Å². The number of furan rings is 1. The number of aromatic nitrogens is 2. The SMILES string of the molecule is C[C@H](NC(=O)c1ccco1)c1nc2ccccc2n1Cc1cccc(Cl)c1. The molecule has 0 aliphatic rings. The Hall–Kier alpha value is -3.05. The van der Waals surface area contributed by atoms with Crippen molar-refractivity contribution in [3.05, 3.63) is 89.1 Å². The van der Waals surface area contributed by atoms with Gasteiger partial charge >= 0.3 is 0 Å². The lowest BCUT2D eigenvalue weighted by Gasteiger charge is -2.16. The van der Waals surface area contributed by atoms with Gasteiger partial charge in [-0.25, -0.2) is 4.98 Å². The number of nitrogens with one attached hydrogen (secondary N) is 1. The average molecular weight is 380 g/mol. The van der Waals surface area contributed by atoms with E-state index in [1.54, 1.807) is 12.1 Å². The number of amides is 1. The van der Waals surface area contributed by atoms with Crippen LogP contribution in [0.15, 0.2) is 71.3 Å². The molecule has 0 aliphatic carbocycles. The highest BCUT2D eigenvalue weighted by molar-refractivity contribution is 6.30. The number of nitrogens with zero attached hydrogens (tertiary/aromatic N) is 2. The minimum absolute atomic E-state index is 0.270. The van der Waals surface area contributed by atoms with Crippen LogP contribution in [0, 0.1) is 0 Å². The molecule has 1 atom stereocenters. The summed E-state index contributed by atoms with van der Waals surface area (Å²) in [7, 11) is 0. The van der Waals surface area contributed by atoms with Gasteiger partial charge in [-0.1, -0.05) is 35.9 Å². The van der Waals surface area contributed by atoms with E-state index in [2.05, 4.69) is 9.88 Å². The second kappa shape index (κ2) is 7.29. The van der Waals surface area contributed by atoms with E-state index in [0.717, 1.165) is 22.4 Å². The molecule has 0 aliphatic heterocycles. The molecule has 5 nitrogen and oxygen atoms in total. The van der Waals surface area contributed by atoms with E-state index in [1.807, 2.05) is 55.5 Å². The summed E-state index contributed by atoms with van der Waals surface area (Å²) in [5, 5.41) is 3.65. The fraction of sp³-hybridized carbons (Fsp3) is 0.143. The van der Waals surface area contributed by atoms with Crippen LogP contribution >= 0.6 is 11.6 Å². The molecule has 4 rings (SSSR count). The van der Waals surface area contributed by atoms with Gasteiger partial charge in [0.1, 0.15) is 5.82 Å². The van der Waals surface area contributed by atoms with Crippen molar-refractivity contribution in [2.75, 3.05) is 0 Å². The van der Waals surface area contributed by atoms with Crippen LogP contribution in [-0.4, -0.2) is 15.5 Å².